The van der Waals surface area contributed by atoms with Crippen LogP contribution < -0.4 is 0 Å². The van der Waals surface area contributed by atoms with Gasteiger partial charge in [0.05, 0.1) is 13.2 Å². The maximum absolute atomic E-state index is 5.43. The van der Waals surface area contributed by atoms with Crippen LogP contribution in [0.3, 0.4) is 0 Å². The molecule has 2 saturated heterocycles. The maximum atomic E-state index is 5.43. The van der Waals surface area contributed by atoms with E-state index in [1.807, 2.05) is 28.9 Å². The van der Waals surface area contributed by atoms with Crippen molar-refractivity contribution in [3.8, 4) is 5.82 Å². The number of aromatic nitrogens is 6. The summed E-state index contributed by atoms with van der Waals surface area (Å²) in [5.41, 5.74) is 0.792. The van der Waals surface area contributed by atoms with E-state index in [1.165, 1.54) is 0 Å². The van der Waals surface area contributed by atoms with Crippen molar-refractivity contribution in [2.24, 2.45) is 0 Å². The highest BCUT2D eigenvalue weighted by Gasteiger charge is 2.25. The minimum Gasteiger partial charge on any atom is -0.379 e. The van der Waals surface area contributed by atoms with E-state index in [0.717, 1.165) is 82.6 Å². The molecule has 0 saturated carbocycles. The fraction of sp³-hybridized carbons (Fsp3) is 0.579. The lowest BCUT2D eigenvalue weighted by molar-refractivity contribution is 0.0320. The third kappa shape index (κ3) is 3.65. The molecule has 0 amide bonds. The van der Waals surface area contributed by atoms with Gasteiger partial charge in [0.25, 0.3) is 0 Å². The van der Waals surface area contributed by atoms with E-state index in [2.05, 4.69) is 25.1 Å². The second-order valence-electron chi connectivity index (χ2n) is 7.54. The molecule has 5 heterocycles. The molecule has 3 aromatic rings. The Labute approximate surface area is 163 Å². The zero-order valence-corrected chi connectivity index (χ0v) is 16.0. The first-order valence-corrected chi connectivity index (χ1v) is 10.1. The lowest BCUT2D eigenvalue weighted by Crippen LogP contribution is -2.43. The van der Waals surface area contributed by atoms with E-state index in [-0.39, 0.29) is 0 Å². The van der Waals surface area contributed by atoms with Gasteiger partial charge >= 0.3 is 0 Å². The molecule has 2 aliphatic heterocycles. The normalized spacial score (nSPS) is 20.1. The van der Waals surface area contributed by atoms with Gasteiger partial charge in [-0.05, 0) is 44.1 Å². The van der Waals surface area contributed by atoms with Crippen LogP contribution in [0.2, 0.25) is 0 Å². The Morgan fingerprint density at radius 2 is 1.75 bits per heavy atom. The van der Waals surface area contributed by atoms with Gasteiger partial charge in [-0.1, -0.05) is 0 Å². The molecule has 2 aliphatic rings. The first-order chi connectivity index (χ1) is 13.9. The van der Waals surface area contributed by atoms with E-state index >= 15 is 0 Å². The summed E-state index contributed by atoms with van der Waals surface area (Å²) in [6.45, 7) is 8.33. The van der Waals surface area contributed by atoms with E-state index in [4.69, 9.17) is 9.84 Å². The van der Waals surface area contributed by atoms with Gasteiger partial charge in [-0.25, -0.2) is 4.68 Å². The van der Waals surface area contributed by atoms with Crippen LogP contribution in [0.5, 0.6) is 0 Å². The highest BCUT2D eigenvalue weighted by Crippen LogP contribution is 2.26. The Kier molecular flexibility index (Phi) is 5.03. The van der Waals surface area contributed by atoms with Crippen LogP contribution in [0.4, 0.5) is 0 Å². The van der Waals surface area contributed by atoms with Crippen LogP contribution in [0, 0.1) is 0 Å². The topological polar surface area (TPSA) is 76.6 Å². The first kappa shape index (κ1) is 17.7. The largest absolute Gasteiger partial charge is 0.379 e. The van der Waals surface area contributed by atoms with Gasteiger partial charge in [0.2, 0.25) is 0 Å². The van der Waals surface area contributed by atoms with E-state index in [9.17, 15) is 0 Å². The molecule has 9 heteroatoms. The van der Waals surface area contributed by atoms with Gasteiger partial charge in [0.15, 0.2) is 17.3 Å². The smallest absolute Gasteiger partial charge is 0.178 e. The molecular formula is C19H26N8O. The quantitative estimate of drug-likeness (QED) is 0.647. The molecule has 28 heavy (non-hydrogen) atoms. The summed E-state index contributed by atoms with van der Waals surface area (Å²) < 4.78 is 9.09. The standard InChI is InChI=1S/C19H26N8O/c1-6-20-26(7-1)18-3-2-17-21-22-19(27(17)23-18)16-4-8-24(9-5-16)10-11-25-12-14-28-15-13-25/h1-3,6-7,16H,4-5,8-15H2. The van der Waals surface area contributed by atoms with Crippen molar-refractivity contribution in [1.29, 1.82) is 0 Å². The Balaban J connectivity index is 1.23. The Morgan fingerprint density at radius 3 is 2.50 bits per heavy atom. The van der Waals surface area contributed by atoms with E-state index in [0.29, 0.717) is 5.92 Å². The van der Waals surface area contributed by atoms with Gasteiger partial charge in [-0.2, -0.15) is 9.61 Å². The second kappa shape index (κ2) is 7.94. The van der Waals surface area contributed by atoms with Crippen LogP contribution in [-0.4, -0.2) is 91.9 Å². The van der Waals surface area contributed by atoms with Gasteiger partial charge in [-0.15, -0.1) is 15.3 Å². The Hall–Kier alpha value is -2.36. The molecule has 3 aromatic heterocycles. The summed E-state index contributed by atoms with van der Waals surface area (Å²) in [5.74, 6) is 2.15. The lowest BCUT2D eigenvalue weighted by Gasteiger charge is -2.33. The predicted octanol–water partition coefficient (Wildman–Crippen LogP) is 0.822. The number of hydrogen-bond donors (Lipinski definition) is 0. The maximum Gasteiger partial charge on any atom is 0.178 e. The highest BCUT2D eigenvalue weighted by molar-refractivity contribution is 5.39. The molecule has 0 aromatic carbocycles. The summed E-state index contributed by atoms with van der Waals surface area (Å²) in [4.78, 5) is 5.07. The van der Waals surface area contributed by atoms with E-state index < -0.39 is 0 Å². The number of fused-ring (bicyclic) bond motifs is 1. The Morgan fingerprint density at radius 1 is 0.964 bits per heavy atom. The number of nitrogens with zero attached hydrogens (tertiary/aromatic N) is 8. The molecule has 0 N–H and O–H groups in total. The fourth-order valence-corrected chi connectivity index (χ4v) is 4.10. The number of piperidine rings is 1. The van der Waals surface area contributed by atoms with Gasteiger partial charge < -0.3 is 9.64 Å². The molecule has 0 aliphatic carbocycles. The van der Waals surface area contributed by atoms with Crippen LogP contribution >= 0.6 is 0 Å². The molecule has 0 radical (unpaired) electrons. The minimum atomic E-state index is 0.398. The lowest BCUT2D eigenvalue weighted by atomic mass is 9.96. The van der Waals surface area contributed by atoms with Crippen LogP contribution in [-0.2, 0) is 4.74 Å². The molecule has 0 unspecified atom stereocenters. The third-order valence-electron chi connectivity index (χ3n) is 5.80. The van der Waals surface area contributed by atoms with Gasteiger partial charge in [0.1, 0.15) is 0 Å². The molecule has 5 rings (SSSR count). The van der Waals surface area contributed by atoms with Crippen LogP contribution in [0.25, 0.3) is 11.5 Å². The molecule has 9 nitrogen and oxygen atoms in total. The zero-order chi connectivity index (χ0) is 18.8. The SMILES string of the molecule is c1cnn(-c2ccc3nnc(C4CCN(CCN5CCOCC5)CC4)n3n2)c1. The zero-order valence-electron chi connectivity index (χ0n) is 16.0. The van der Waals surface area contributed by atoms with E-state index in [1.54, 1.807) is 10.9 Å². The fourth-order valence-electron chi connectivity index (χ4n) is 4.10. The second-order valence-corrected chi connectivity index (χ2v) is 7.54. The third-order valence-corrected chi connectivity index (χ3v) is 5.80. The van der Waals surface area contributed by atoms with Crippen molar-refractivity contribution >= 4 is 5.65 Å². The van der Waals surface area contributed by atoms with Crippen LogP contribution in [0.15, 0.2) is 30.6 Å². The number of rotatable bonds is 5. The van der Waals surface area contributed by atoms with Gasteiger partial charge in [-0.3, -0.25) is 4.90 Å². The summed E-state index contributed by atoms with van der Waals surface area (Å²) in [5, 5.41) is 17.8. The summed E-state index contributed by atoms with van der Waals surface area (Å²) >= 11 is 0. The van der Waals surface area contributed by atoms with Crippen molar-refractivity contribution in [2.45, 2.75) is 18.8 Å². The molecule has 0 atom stereocenters. The van der Waals surface area contributed by atoms with Crippen molar-refractivity contribution in [1.82, 2.24) is 39.4 Å². The summed E-state index contributed by atoms with van der Waals surface area (Å²) in [6, 6.07) is 5.78. The number of morpholine rings is 1. The molecule has 0 bridgehead atoms. The molecule has 148 valence electrons. The number of hydrogen-bond acceptors (Lipinski definition) is 7. The summed E-state index contributed by atoms with van der Waals surface area (Å²) in [7, 11) is 0. The average molecular weight is 382 g/mol. The molecular weight excluding hydrogens is 356 g/mol. The Bertz CT molecular complexity index is 894. The highest BCUT2D eigenvalue weighted by atomic mass is 16.5. The van der Waals surface area contributed by atoms with Gasteiger partial charge in [0, 0.05) is 44.5 Å². The average Bonchev–Trinajstić information content (AvgIpc) is 3.43. The predicted molar refractivity (Wildman–Crippen MR) is 104 cm³/mol. The summed E-state index contributed by atoms with van der Waals surface area (Å²) in [6.07, 6.45) is 5.84. The molecule has 0 spiro atoms. The number of likely N-dealkylation sites (tertiary alicyclic amines) is 1. The molecule has 2 fully saturated rings. The van der Waals surface area contributed by atoms with Crippen LogP contribution in [0.1, 0.15) is 24.6 Å². The monoisotopic (exact) mass is 382 g/mol. The first-order valence-electron chi connectivity index (χ1n) is 10.1. The number of ether oxygens (including phenoxy) is 1. The van der Waals surface area contributed by atoms with Crippen molar-refractivity contribution in [3.63, 3.8) is 0 Å². The van der Waals surface area contributed by atoms with Crippen molar-refractivity contribution in [3.05, 3.63) is 36.4 Å². The van der Waals surface area contributed by atoms with Crippen molar-refractivity contribution < 1.29 is 4.74 Å². The minimum absolute atomic E-state index is 0.398. The van der Waals surface area contributed by atoms with Crippen molar-refractivity contribution in [2.75, 3.05) is 52.5 Å².